The first-order chi connectivity index (χ1) is 12.6. The minimum absolute atomic E-state index is 0.0988. The highest BCUT2D eigenvalue weighted by Gasteiger charge is 2.25. The Labute approximate surface area is 157 Å². The highest BCUT2D eigenvalue weighted by molar-refractivity contribution is 6.31. The third-order valence-corrected chi connectivity index (χ3v) is 4.81. The normalized spacial score (nSPS) is 14.5. The van der Waals surface area contributed by atoms with Crippen molar-refractivity contribution in [1.82, 2.24) is 15.1 Å². The van der Waals surface area contributed by atoms with Gasteiger partial charge in [-0.15, -0.1) is 0 Å². The van der Waals surface area contributed by atoms with Crippen LogP contribution in [0.25, 0.3) is 0 Å². The number of rotatable bonds is 6. The van der Waals surface area contributed by atoms with Crippen molar-refractivity contribution in [2.45, 2.75) is 13.0 Å². The smallest absolute Gasteiger partial charge is 0.289 e. The van der Waals surface area contributed by atoms with Gasteiger partial charge in [-0.2, -0.15) is 0 Å². The lowest BCUT2D eigenvalue weighted by molar-refractivity contribution is -0.132. The Kier molecular flexibility index (Phi) is 6.30. The van der Waals surface area contributed by atoms with E-state index in [-0.39, 0.29) is 11.8 Å². The van der Waals surface area contributed by atoms with E-state index in [4.69, 9.17) is 16.0 Å². The Morgan fingerprint density at radius 1 is 1.04 bits per heavy atom. The summed E-state index contributed by atoms with van der Waals surface area (Å²) in [6.45, 7) is 3.39. The summed E-state index contributed by atoms with van der Waals surface area (Å²) in [5, 5.41) is 3.97. The molecule has 0 aliphatic carbocycles. The molecule has 0 unspecified atom stereocenters. The van der Waals surface area contributed by atoms with Gasteiger partial charge in [0.2, 0.25) is 5.91 Å². The van der Waals surface area contributed by atoms with Crippen molar-refractivity contribution in [2.75, 3.05) is 32.7 Å². The van der Waals surface area contributed by atoms with E-state index in [0.717, 1.165) is 10.6 Å². The zero-order chi connectivity index (χ0) is 18.4. The largest absolute Gasteiger partial charge is 0.459 e. The molecule has 1 N–H and O–H groups in total. The molecule has 26 heavy (non-hydrogen) atoms. The number of amides is 2. The molecule has 1 aromatic carbocycles. The molecule has 2 aromatic rings. The summed E-state index contributed by atoms with van der Waals surface area (Å²) < 4.78 is 5.14. The molecule has 2 amide bonds. The maximum absolute atomic E-state index is 12.3. The number of carbonyl (C=O) groups is 2. The van der Waals surface area contributed by atoms with Crippen LogP contribution in [0, 0.1) is 0 Å². The van der Waals surface area contributed by atoms with Crippen LogP contribution < -0.4 is 5.32 Å². The number of nitrogens with one attached hydrogen (secondary N) is 1. The predicted molar refractivity (Wildman–Crippen MR) is 99.0 cm³/mol. The lowest BCUT2D eigenvalue weighted by Gasteiger charge is -2.34. The summed E-state index contributed by atoms with van der Waals surface area (Å²) in [5.74, 6) is 0.318. The van der Waals surface area contributed by atoms with Crippen molar-refractivity contribution in [3.8, 4) is 0 Å². The number of carbonyl (C=O) groups excluding carboxylic acids is 2. The van der Waals surface area contributed by atoms with Gasteiger partial charge >= 0.3 is 0 Å². The van der Waals surface area contributed by atoms with E-state index < -0.39 is 0 Å². The van der Waals surface area contributed by atoms with E-state index in [1.165, 1.54) is 6.26 Å². The van der Waals surface area contributed by atoms with Gasteiger partial charge in [0.05, 0.1) is 6.26 Å². The third-order valence-electron chi connectivity index (χ3n) is 4.44. The van der Waals surface area contributed by atoms with Gasteiger partial charge in [-0.05, 0) is 23.8 Å². The fraction of sp³-hybridized carbons (Fsp3) is 0.368. The quantitative estimate of drug-likeness (QED) is 0.787. The van der Waals surface area contributed by atoms with Crippen molar-refractivity contribution in [2.24, 2.45) is 0 Å². The summed E-state index contributed by atoms with van der Waals surface area (Å²) in [6.07, 6.45) is 1.92. The molecule has 1 aliphatic heterocycles. The number of piperazine rings is 1. The Hall–Kier alpha value is -2.31. The second-order valence-corrected chi connectivity index (χ2v) is 6.58. The van der Waals surface area contributed by atoms with Crippen LogP contribution >= 0.6 is 11.6 Å². The Balaban J connectivity index is 1.37. The molecule has 1 aromatic heterocycles. The van der Waals surface area contributed by atoms with Crippen LogP contribution in [0.15, 0.2) is 47.1 Å². The second kappa shape index (κ2) is 8.87. The average molecular weight is 376 g/mol. The van der Waals surface area contributed by atoms with E-state index in [9.17, 15) is 9.59 Å². The number of benzene rings is 1. The Morgan fingerprint density at radius 3 is 2.46 bits per heavy atom. The van der Waals surface area contributed by atoms with Gasteiger partial charge in [0.1, 0.15) is 0 Å². The molecule has 0 saturated carbocycles. The first-order valence-electron chi connectivity index (χ1n) is 8.70. The summed E-state index contributed by atoms with van der Waals surface area (Å²) in [5.41, 5.74) is 1.02. The topological polar surface area (TPSA) is 65.8 Å². The second-order valence-electron chi connectivity index (χ2n) is 6.17. The minimum atomic E-state index is -0.122. The van der Waals surface area contributed by atoms with Crippen molar-refractivity contribution >= 4 is 23.4 Å². The SMILES string of the molecule is O=C(CCNCc1ccccc1Cl)N1CCN(C(=O)c2ccco2)CC1. The van der Waals surface area contributed by atoms with Gasteiger partial charge in [0.25, 0.3) is 5.91 Å². The molecule has 2 heterocycles. The Morgan fingerprint density at radius 2 is 1.77 bits per heavy atom. The zero-order valence-corrected chi connectivity index (χ0v) is 15.2. The van der Waals surface area contributed by atoms with Crippen LogP contribution in [0.2, 0.25) is 5.02 Å². The van der Waals surface area contributed by atoms with Crippen molar-refractivity contribution < 1.29 is 14.0 Å². The molecular weight excluding hydrogens is 354 g/mol. The van der Waals surface area contributed by atoms with E-state index in [1.807, 2.05) is 29.2 Å². The highest BCUT2D eigenvalue weighted by atomic mass is 35.5. The fourth-order valence-electron chi connectivity index (χ4n) is 2.93. The maximum atomic E-state index is 12.3. The first-order valence-corrected chi connectivity index (χ1v) is 9.07. The van der Waals surface area contributed by atoms with Crippen LogP contribution in [0.3, 0.4) is 0 Å². The molecule has 1 fully saturated rings. The van der Waals surface area contributed by atoms with Gasteiger partial charge in [-0.25, -0.2) is 0 Å². The average Bonchev–Trinajstić information content (AvgIpc) is 3.20. The van der Waals surface area contributed by atoms with Crippen LogP contribution in [-0.2, 0) is 11.3 Å². The lowest BCUT2D eigenvalue weighted by atomic mass is 10.2. The molecular formula is C19H22ClN3O3. The van der Waals surface area contributed by atoms with E-state index in [1.54, 1.807) is 17.0 Å². The number of halogens is 1. The summed E-state index contributed by atoms with van der Waals surface area (Å²) in [4.78, 5) is 28.1. The molecule has 138 valence electrons. The standard InChI is InChI=1S/C19H22ClN3O3/c20-16-5-2-1-4-15(16)14-21-8-7-18(24)22-9-11-23(12-10-22)19(25)17-6-3-13-26-17/h1-6,13,21H,7-12,14H2. The lowest BCUT2D eigenvalue weighted by Crippen LogP contribution is -2.50. The van der Waals surface area contributed by atoms with Crippen LogP contribution in [0.4, 0.5) is 0 Å². The first kappa shape index (κ1) is 18.5. The molecule has 7 heteroatoms. The number of hydrogen-bond acceptors (Lipinski definition) is 4. The highest BCUT2D eigenvalue weighted by Crippen LogP contribution is 2.14. The van der Waals surface area contributed by atoms with Crippen LogP contribution in [0.1, 0.15) is 22.5 Å². The van der Waals surface area contributed by atoms with E-state index >= 15 is 0 Å². The molecule has 3 rings (SSSR count). The number of hydrogen-bond donors (Lipinski definition) is 1. The molecule has 6 nitrogen and oxygen atoms in total. The van der Waals surface area contributed by atoms with Gasteiger partial charge in [-0.3, -0.25) is 9.59 Å². The number of furan rings is 1. The van der Waals surface area contributed by atoms with Crippen LogP contribution in [0.5, 0.6) is 0 Å². The number of nitrogens with zero attached hydrogens (tertiary/aromatic N) is 2. The maximum Gasteiger partial charge on any atom is 0.289 e. The molecule has 1 saturated heterocycles. The molecule has 1 aliphatic rings. The predicted octanol–water partition coefficient (Wildman–Crippen LogP) is 2.40. The summed E-state index contributed by atoms with van der Waals surface area (Å²) >= 11 is 6.11. The molecule has 0 spiro atoms. The van der Waals surface area contributed by atoms with E-state index in [2.05, 4.69) is 5.32 Å². The van der Waals surface area contributed by atoms with Crippen molar-refractivity contribution in [3.05, 3.63) is 59.0 Å². The fourth-order valence-corrected chi connectivity index (χ4v) is 3.14. The van der Waals surface area contributed by atoms with Gasteiger partial charge < -0.3 is 19.5 Å². The summed E-state index contributed by atoms with van der Waals surface area (Å²) in [6, 6.07) is 11.0. The van der Waals surface area contributed by atoms with Gasteiger partial charge in [0, 0.05) is 50.7 Å². The molecule has 0 radical (unpaired) electrons. The van der Waals surface area contributed by atoms with Crippen molar-refractivity contribution in [1.29, 1.82) is 0 Å². The third kappa shape index (κ3) is 4.65. The van der Waals surface area contributed by atoms with Gasteiger partial charge in [0.15, 0.2) is 5.76 Å². The molecule has 0 atom stereocenters. The molecule has 0 bridgehead atoms. The Bertz CT molecular complexity index is 740. The summed E-state index contributed by atoms with van der Waals surface area (Å²) in [7, 11) is 0. The zero-order valence-electron chi connectivity index (χ0n) is 14.5. The van der Waals surface area contributed by atoms with Gasteiger partial charge in [-0.1, -0.05) is 29.8 Å². The van der Waals surface area contributed by atoms with Crippen LogP contribution in [-0.4, -0.2) is 54.3 Å². The van der Waals surface area contributed by atoms with Crippen molar-refractivity contribution in [3.63, 3.8) is 0 Å². The monoisotopic (exact) mass is 375 g/mol. The van der Waals surface area contributed by atoms with E-state index in [0.29, 0.717) is 51.4 Å². The minimum Gasteiger partial charge on any atom is -0.459 e.